The summed E-state index contributed by atoms with van der Waals surface area (Å²) in [6, 6.07) is 1.87. The number of aliphatic hydroxyl groups excluding tert-OH is 1. The summed E-state index contributed by atoms with van der Waals surface area (Å²) >= 11 is 0. The van der Waals surface area contributed by atoms with Crippen LogP contribution >= 0.6 is 0 Å². The highest BCUT2D eigenvalue weighted by Gasteiger charge is 2.72. The molecule has 1 aromatic rings. The van der Waals surface area contributed by atoms with Crippen molar-refractivity contribution in [3.8, 4) is 0 Å². The fourth-order valence-electron chi connectivity index (χ4n) is 8.63. The molecule has 0 spiro atoms. The molecule has 8 atom stereocenters. The van der Waals surface area contributed by atoms with Crippen molar-refractivity contribution < 1.29 is 24.5 Å². The second-order valence-electron chi connectivity index (χ2n) is 11.5. The van der Waals surface area contributed by atoms with Gasteiger partial charge in [-0.2, -0.15) is 0 Å². The Balaban J connectivity index is 1.38. The summed E-state index contributed by atoms with van der Waals surface area (Å²) in [5, 5.41) is 33.1. The van der Waals surface area contributed by atoms with Crippen LogP contribution in [-0.2, 0) is 10.3 Å². The van der Waals surface area contributed by atoms with Crippen molar-refractivity contribution in [1.82, 2.24) is 0 Å². The third-order valence-electron chi connectivity index (χ3n) is 10.6. The lowest BCUT2D eigenvalue weighted by molar-refractivity contribution is -0.239. The molecule has 1 aromatic heterocycles. The van der Waals surface area contributed by atoms with Gasteiger partial charge in [-0.25, -0.2) is 0 Å². The van der Waals surface area contributed by atoms with Crippen LogP contribution in [0.2, 0.25) is 0 Å². The summed E-state index contributed by atoms with van der Waals surface area (Å²) in [6.07, 6.45) is 13.1. The van der Waals surface area contributed by atoms with Crippen molar-refractivity contribution in [1.29, 1.82) is 0 Å². The minimum atomic E-state index is -1.02. The number of ether oxygens (including phenoxy) is 1. The van der Waals surface area contributed by atoms with Crippen molar-refractivity contribution in [2.45, 2.75) is 95.4 Å². The molecule has 4 saturated carbocycles. The Labute approximate surface area is 186 Å². The van der Waals surface area contributed by atoms with E-state index < -0.39 is 16.6 Å². The molecule has 0 aliphatic heterocycles. The number of hydrogen-bond acceptors (Lipinski definition) is 5. The molecule has 174 valence electrons. The standard InChI is InChI=1S/C26H40O5/c1-23-9-6-20(31-14-3-13-27)16-18(23)4-5-22-21(23)7-10-24(2)25(28,11-12-26(22,24)29)19-8-15-30-17-19/h8,15,17-18,20-22,27-29H,3-7,9-14,16H2,1-2H3/t18-,20+,21+,22-,23+,24-,25+,26+/m1/s1. The van der Waals surface area contributed by atoms with E-state index >= 15 is 0 Å². The summed E-state index contributed by atoms with van der Waals surface area (Å²) in [5.41, 5.74) is -1.32. The van der Waals surface area contributed by atoms with Crippen molar-refractivity contribution in [3.63, 3.8) is 0 Å². The molecular weight excluding hydrogens is 392 g/mol. The quantitative estimate of drug-likeness (QED) is 0.601. The predicted molar refractivity (Wildman–Crippen MR) is 117 cm³/mol. The average Bonchev–Trinajstić information content (AvgIpc) is 3.36. The summed E-state index contributed by atoms with van der Waals surface area (Å²) < 4.78 is 11.4. The Kier molecular flexibility index (Phi) is 5.36. The molecule has 4 fully saturated rings. The van der Waals surface area contributed by atoms with Crippen LogP contribution in [0.25, 0.3) is 0 Å². The monoisotopic (exact) mass is 432 g/mol. The molecule has 0 radical (unpaired) electrons. The Morgan fingerprint density at radius 2 is 1.87 bits per heavy atom. The zero-order valence-corrected chi connectivity index (χ0v) is 19.2. The van der Waals surface area contributed by atoms with Crippen LogP contribution in [0.5, 0.6) is 0 Å². The van der Waals surface area contributed by atoms with E-state index in [0.717, 1.165) is 50.5 Å². The van der Waals surface area contributed by atoms with Gasteiger partial charge in [-0.15, -0.1) is 0 Å². The molecule has 5 heteroatoms. The molecule has 31 heavy (non-hydrogen) atoms. The Bertz CT molecular complexity index is 779. The van der Waals surface area contributed by atoms with E-state index in [1.165, 1.54) is 0 Å². The van der Waals surface area contributed by atoms with Gasteiger partial charge in [-0.1, -0.05) is 13.8 Å². The lowest BCUT2D eigenvalue weighted by Gasteiger charge is -2.64. The first kappa shape index (κ1) is 21.9. The number of fused-ring (bicyclic) bond motifs is 5. The van der Waals surface area contributed by atoms with Crippen LogP contribution in [0.3, 0.4) is 0 Å². The van der Waals surface area contributed by atoms with Crippen molar-refractivity contribution >= 4 is 0 Å². The summed E-state index contributed by atoms with van der Waals surface area (Å²) in [6.45, 7) is 5.45. The van der Waals surface area contributed by atoms with Crippen molar-refractivity contribution in [2.75, 3.05) is 13.2 Å². The Morgan fingerprint density at radius 1 is 1.03 bits per heavy atom. The Morgan fingerprint density at radius 3 is 2.61 bits per heavy atom. The van der Waals surface area contributed by atoms with Gasteiger partial charge in [0.1, 0.15) is 5.60 Å². The van der Waals surface area contributed by atoms with Gasteiger partial charge in [-0.3, -0.25) is 0 Å². The van der Waals surface area contributed by atoms with Gasteiger partial charge in [0.25, 0.3) is 0 Å². The maximum Gasteiger partial charge on any atom is 0.101 e. The molecule has 4 aliphatic carbocycles. The highest BCUT2D eigenvalue weighted by molar-refractivity contribution is 5.30. The molecule has 5 nitrogen and oxygen atoms in total. The minimum absolute atomic E-state index is 0.195. The highest BCUT2D eigenvalue weighted by Crippen LogP contribution is 2.71. The van der Waals surface area contributed by atoms with Crippen molar-refractivity contribution in [2.24, 2.45) is 28.6 Å². The van der Waals surface area contributed by atoms with Crippen LogP contribution in [0.1, 0.15) is 83.6 Å². The van der Waals surface area contributed by atoms with E-state index in [0.29, 0.717) is 43.8 Å². The van der Waals surface area contributed by atoms with Gasteiger partial charge in [0.2, 0.25) is 0 Å². The van der Waals surface area contributed by atoms with E-state index in [4.69, 9.17) is 14.3 Å². The fraction of sp³-hybridized carbons (Fsp3) is 0.846. The normalized spacial score (nSPS) is 49.3. The smallest absolute Gasteiger partial charge is 0.101 e. The second kappa shape index (κ2) is 7.58. The van der Waals surface area contributed by atoms with Gasteiger partial charge in [0.05, 0.1) is 24.2 Å². The zero-order chi connectivity index (χ0) is 21.9. The van der Waals surface area contributed by atoms with Gasteiger partial charge in [0.15, 0.2) is 0 Å². The van der Waals surface area contributed by atoms with Gasteiger partial charge in [-0.05, 0) is 93.4 Å². The first-order chi connectivity index (χ1) is 14.8. The maximum atomic E-state index is 12.3. The SMILES string of the molecule is C[C@]12CC[C@H](OCCCO)C[C@H]1CC[C@@H]1[C@@H]2CC[C@]2(C)[C@@](O)(c3ccoc3)CC[C@]12O. The minimum Gasteiger partial charge on any atom is -0.472 e. The average molecular weight is 433 g/mol. The number of furan rings is 1. The zero-order valence-electron chi connectivity index (χ0n) is 19.2. The topological polar surface area (TPSA) is 83.1 Å². The van der Waals surface area contributed by atoms with Crippen LogP contribution in [0.4, 0.5) is 0 Å². The number of rotatable bonds is 5. The molecule has 0 bridgehead atoms. The third kappa shape index (κ3) is 2.96. The van der Waals surface area contributed by atoms with Gasteiger partial charge < -0.3 is 24.5 Å². The molecule has 0 saturated heterocycles. The Hall–Kier alpha value is -0.880. The van der Waals surface area contributed by atoms with Crippen LogP contribution < -0.4 is 0 Å². The van der Waals surface area contributed by atoms with E-state index in [9.17, 15) is 10.2 Å². The van der Waals surface area contributed by atoms with E-state index in [-0.39, 0.29) is 17.9 Å². The van der Waals surface area contributed by atoms with Crippen LogP contribution in [0, 0.1) is 28.6 Å². The van der Waals surface area contributed by atoms with Crippen LogP contribution in [0.15, 0.2) is 23.0 Å². The molecule has 5 rings (SSSR count). The number of aliphatic hydroxyl groups is 3. The van der Waals surface area contributed by atoms with Crippen LogP contribution in [-0.4, -0.2) is 40.2 Å². The highest BCUT2D eigenvalue weighted by atomic mass is 16.5. The first-order valence-corrected chi connectivity index (χ1v) is 12.5. The molecule has 1 heterocycles. The summed E-state index contributed by atoms with van der Waals surface area (Å²) in [5.74, 6) is 1.40. The first-order valence-electron chi connectivity index (χ1n) is 12.5. The third-order valence-corrected chi connectivity index (χ3v) is 10.6. The molecule has 0 unspecified atom stereocenters. The van der Waals surface area contributed by atoms with Gasteiger partial charge >= 0.3 is 0 Å². The second-order valence-corrected chi connectivity index (χ2v) is 11.5. The molecule has 0 amide bonds. The van der Waals surface area contributed by atoms with Crippen molar-refractivity contribution in [3.05, 3.63) is 24.2 Å². The lowest BCUT2D eigenvalue weighted by Crippen LogP contribution is -2.64. The summed E-state index contributed by atoms with van der Waals surface area (Å²) in [7, 11) is 0. The molecule has 4 aliphatic rings. The summed E-state index contributed by atoms with van der Waals surface area (Å²) in [4.78, 5) is 0. The largest absolute Gasteiger partial charge is 0.472 e. The predicted octanol–water partition coefficient (Wildman–Crippen LogP) is 4.39. The van der Waals surface area contributed by atoms with E-state index in [2.05, 4.69) is 13.8 Å². The molecule has 3 N–H and O–H groups in total. The maximum absolute atomic E-state index is 12.3. The van der Waals surface area contributed by atoms with E-state index in [1.54, 1.807) is 12.5 Å². The fourth-order valence-corrected chi connectivity index (χ4v) is 8.63. The molecule has 0 aromatic carbocycles. The number of hydrogen-bond donors (Lipinski definition) is 3. The van der Waals surface area contributed by atoms with Gasteiger partial charge in [0, 0.05) is 24.2 Å². The van der Waals surface area contributed by atoms with E-state index in [1.807, 2.05) is 6.07 Å². The molecular formula is C26H40O5. The lowest BCUT2D eigenvalue weighted by atomic mass is 9.43.